The second kappa shape index (κ2) is 9.30. The lowest BCUT2D eigenvalue weighted by atomic mass is 9.90. The second-order valence-electron chi connectivity index (χ2n) is 7.72. The third-order valence-corrected chi connectivity index (χ3v) is 5.73. The lowest BCUT2D eigenvalue weighted by Gasteiger charge is -2.39. The van der Waals surface area contributed by atoms with Gasteiger partial charge in [0.05, 0.1) is 13.2 Å². The van der Waals surface area contributed by atoms with Crippen LogP contribution in [0.4, 0.5) is 0 Å². The molecule has 4 rings (SSSR count). The number of para-hydroxylation sites is 1. The molecule has 0 radical (unpaired) electrons. The lowest BCUT2D eigenvalue weighted by molar-refractivity contribution is -0.137. The molecule has 2 aliphatic heterocycles. The van der Waals surface area contributed by atoms with Crippen LogP contribution in [0.3, 0.4) is 0 Å². The monoisotopic (exact) mass is 413 g/mol. The van der Waals surface area contributed by atoms with Gasteiger partial charge in [0.25, 0.3) is 5.91 Å². The number of hydrogen-bond acceptors (Lipinski definition) is 6. The Labute approximate surface area is 175 Å². The molecule has 2 aromatic rings. The molecule has 0 bridgehead atoms. The quantitative estimate of drug-likeness (QED) is 0.747. The van der Waals surface area contributed by atoms with Gasteiger partial charge in [-0.15, -0.1) is 0 Å². The largest absolute Gasteiger partial charge is 0.490 e. The van der Waals surface area contributed by atoms with Crippen LogP contribution in [0.2, 0.25) is 0 Å². The molecule has 2 amide bonds. The molecule has 0 N–H and O–H groups in total. The van der Waals surface area contributed by atoms with Crippen molar-refractivity contribution in [3.8, 4) is 5.75 Å². The van der Waals surface area contributed by atoms with E-state index in [0.717, 1.165) is 5.75 Å². The van der Waals surface area contributed by atoms with E-state index in [0.29, 0.717) is 63.7 Å². The summed E-state index contributed by atoms with van der Waals surface area (Å²) in [6, 6.07) is 9.62. The van der Waals surface area contributed by atoms with Crippen molar-refractivity contribution in [2.45, 2.75) is 25.9 Å². The maximum Gasteiger partial charge on any atom is 0.276 e. The molecule has 0 saturated carbocycles. The van der Waals surface area contributed by atoms with Gasteiger partial charge in [-0.25, -0.2) is 4.98 Å². The van der Waals surface area contributed by atoms with Crippen LogP contribution >= 0.6 is 0 Å². The molecule has 0 aliphatic carbocycles. The Kier molecular flexibility index (Phi) is 6.32. The zero-order chi connectivity index (χ0) is 20.9. The Hall–Kier alpha value is -2.87. The molecule has 2 atom stereocenters. The van der Waals surface area contributed by atoms with E-state index in [1.807, 2.05) is 35.2 Å². The maximum atomic E-state index is 12.9. The van der Waals surface area contributed by atoms with Crippen LogP contribution in [-0.4, -0.2) is 72.1 Å². The molecular formula is C22H27N3O5. The van der Waals surface area contributed by atoms with Gasteiger partial charge in [-0.3, -0.25) is 9.59 Å². The topological polar surface area (TPSA) is 85.1 Å². The number of amides is 2. The first-order valence-electron chi connectivity index (χ1n) is 10.4. The zero-order valence-electron chi connectivity index (χ0n) is 17.2. The zero-order valence-corrected chi connectivity index (χ0v) is 17.2. The number of ether oxygens (including phenoxy) is 2. The number of hydrogen-bond donors (Lipinski definition) is 0. The van der Waals surface area contributed by atoms with Gasteiger partial charge in [0, 0.05) is 44.9 Å². The van der Waals surface area contributed by atoms with E-state index in [2.05, 4.69) is 4.98 Å². The van der Waals surface area contributed by atoms with Crippen molar-refractivity contribution in [3.63, 3.8) is 0 Å². The normalized spacial score (nSPS) is 22.0. The Morgan fingerprint density at radius 3 is 2.60 bits per heavy atom. The second-order valence-corrected chi connectivity index (χ2v) is 7.72. The van der Waals surface area contributed by atoms with Gasteiger partial charge in [-0.2, -0.15) is 0 Å². The minimum absolute atomic E-state index is 0.0804. The number of piperidine rings is 1. The smallest absolute Gasteiger partial charge is 0.276 e. The van der Waals surface area contributed by atoms with Crippen molar-refractivity contribution in [1.82, 2.24) is 14.8 Å². The van der Waals surface area contributed by atoms with Gasteiger partial charge in [-0.05, 0) is 19.1 Å². The summed E-state index contributed by atoms with van der Waals surface area (Å²) >= 11 is 0. The molecule has 30 heavy (non-hydrogen) atoms. The molecule has 160 valence electrons. The number of aromatic nitrogens is 1. The standard InChI is InChI=1S/C22H27N3O5/c1-16-21(23-15-29-16)22(27)25-8-7-19(30-18-5-3-2-4-6-18)17(14-25)13-20(26)24-9-11-28-12-10-24/h2-6,15,17,19H,7-14H2,1H3/t17-,19-/m0/s1. The molecule has 0 unspecified atom stereocenters. The molecule has 3 heterocycles. The van der Waals surface area contributed by atoms with E-state index >= 15 is 0 Å². The highest BCUT2D eigenvalue weighted by molar-refractivity contribution is 5.93. The van der Waals surface area contributed by atoms with Gasteiger partial charge < -0.3 is 23.7 Å². The van der Waals surface area contributed by atoms with Crippen LogP contribution in [0.15, 0.2) is 41.1 Å². The van der Waals surface area contributed by atoms with Crippen molar-refractivity contribution < 1.29 is 23.5 Å². The highest BCUT2D eigenvalue weighted by Crippen LogP contribution is 2.27. The molecule has 1 aromatic heterocycles. The SMILES string of the molecule is Cc1ocnc1C(=O)N1CC[C@H](Oc2ccccc2)[C@@H](CC(=O)N2CCOCC2)C1. The highest BCUT2D eigenvalue weighted by Gasteiger charge is 2.36. The summed E-state index contributed by atoms with van der Waals surface area (Å²) in [5.74, 6) is 1.09. The van der Waals surface area contributed by atoms with Crippen molar-refractivity contribution in [2.75, 3.05) is 39.4 Å². The fourth-order valence-corrected chi connectivity index (χ4v) is 4.05. The van der Waals surface area contributed by atoms with Gasteiger partial charge in [-0.1, -0.05) is 18.2 Å². The third kappa shape index (κ3) is 4.64. The number of benzene rings is 1. The number of carbonyl (C=O) groups is 2. The van der Waals surface area contributed by atoms with Crippen LogP contribution in [0.25, 0.3) is 0 Å². The fourth-order valence-electron chi connectivity index (χ4n) is 4.05. The third-order valence-electron chi connectivity index (χ3n) is 5.73. The predicted octanol–water partition coefficient (Wildman–Crippen LogP) is 2.14. The Bertz CT molecular complexity index is 863. The molecular weight excluding hydrogens is 386 g/mol. The summed E-state index contributed by atoms with van der Waals surface area (Å²) in [5.41, 5.74) is 0.329. The Morgan fingerprint density at radius 1 is 1.13 bits per heavy atom. The van der Waals surface area contributed by atoms with E-state index in [1.165, 1.54) is 6.39 Å². The van der Waals surface area contributed by atoms with Crippen molar-refractivity contribution in [1.29, 1.82) is 0 Å². The number of carbonyl (C=O) groups excluding carboxylic acids is 2. The minimum Gasteiger partial charge on any atom is -0.490 e. The van der Waals surface area contributed by atoms with Gasteiger partial charge in [0.1, 0.15) is 17.6 Å². The average Bonchev–Trinajstić information content (AvgIpc) is 3.21. The van der Waals surface area contributed by atoms with E-state index in [4.69, 9.17) is 13.9 Å². The van der Waals surface area contributed by atoms with E-state index < -0.39 is 0 Å². The molecule has 1 aromatic carbocycles. The number of morpholine rings is 1. The predicted molar refractivity (Wildman–Crippen MR) is 108 cm³/mol. The Balaban J connectivity index is 1.48. The number of oxazole rings is 1. The average molecular weight is 413 g/mol. The van der Waals surface area contributed by atoms with Crippen molar-refractivity contribution >= 4 is 11.8 Å². The lowest BCUT2D eigenvalue weighted by Crippen LogP contribution is -2.50. The summed E-state index contributed by atoms with van der Waals surface area (Å²) in [6.07, 6.45) is 2.13. The number of aryl methyl sites for hydroxylation is 1. The molecule has 2 saturated heterocycles. The number of rotatable bonds is 5. The highest BCUT2D eigenvalue weighted by atomic mass is 16.5. The van der Waals surface area contributed by atoms with E-state index in [-0.39, 0.29) is 23.8 Å². The van der Waals surface area contributed by atoms with Crippen LogP contribution in [0, 0.1) is 12.8 Å². The molecule has 8 heteroatoms. The van der Waals surface area contributed by atoms with Gasteiger partial charge in [0.2, 0.25) is 5.91 Å². The summed E-state index contributed by atoms with van der Waals surface area (Å²) in [5, 5.41) is 0. The first kappa shape index (κ1) is 20.4. The first-order chi connectivity index (χ1) is 14.6. The number of likely N-dealkylation sites (tertiary alicyclic amines) is 1. The summed E-state index contributed by atoms with van der Waals surface area (Å²) < 4.78 is 16.8. The molecule has 2 fully saturated rings. The van der Waals surface area contributed by atoms with Gasteiger partial charge >= 0.3 is 0 Å². The van der Waals surface area contributed by atoms with Gasteiger partial charge in [0.15, 0.2) is 12.1 Å². The minimum atomic E-state index is -0.164. The van der Waals surface area contributed by atoms with Crippen molar-refractivity contribution in [2.24, 2.45) is 5.92 Å². The first-order valence-corrected chi connectivity index (χ1v) is 10.4. The summed E-state index contributed by atoms with van der Waals surface area (Å²) in [4.78, 5) is 33.5. The summed E-state index contributed by atoms with van der Waals surface area (Å²) in [7, 11) is 0. The van der Waals surface area contributed by atoms with Crippen LogP contribution in [-0.2, 0) is 9.53 Å². The molecule has 2 aliphatic rings. The summed E-state index contributed by atoms with van der Waals surface area (Å²) in [6.45, 7) is 5.06. The number of nitrogens with zero attached hydrogens (tertiary/aromatic N) is 3. The fraction of sp³-hybridized carbons (Fsp3) is 0.500. The molecule has 0 spiro atoms. The molecule has 8 nitrogen and oxygen atoms in total. The van der Waals surface area contributed by atoms with Crippen LogP contribution < -0.4 is 4.74 Å². The van der Waals surface area contributed by atoms with Crippen LogP contribution in [0.5, 0.6) is 5.75 Å². The van der Waals surface area contributed by atoms with Crippen LogP contribution in [0.1, 0.15) is 29.1 Å². The maximum absolute atomic E-state index is 12.9. The Morgan fingerprint density at radius 2 is 1.90 bits per heavy atom. The van der Waals surface area contributed by atoms with E-state index in [1.54, 1.807) is 11.8 Å². The van der Waals surface area contributed by atoms with Crippen molar-refractivity contribution in [3.05, 3.63) is 48.2 Å². The van der Waals surface area contributed by atoms with E-state index in [9.17, 15) is 9.59 Å².